The summed E-state index contributed by atoms with van der Waals surface area (Å²) < 4.78 is 55.2. The fourth-order valence-electron chi connectivity index (χ4n) is 3.22. The zero-order valence-corrected chi connectivity index (χ0v) is 16.4. The molecule has 2 aliphatic rings. The number of anilines is 1. The lowest BCUT2D eigenvalue weighted by Gasteiger charge is -2.29. The number of carbonyl (C=O) groups excluding carboxylic acids is 2. The van der Waals surface area contributed by atoms with Crippen molar-refractivity contribution in [3.8, 4) is 0 Å². The molecule has 1 amide bonds. The third kappa shape index (κ3) is 3.09. The van der Waals surface area contributed by atoms with Crippen molar-refractivity contribution in [1.82, 2.24) is 0 Å². The Hall–Kier alpha value is -1.66. The van der Waals surface area contributed by atoms with E-state index >= 15 is 0 Å². The molecule has 26 heavy (non-hydrogen) atoms. The highest BCUT2D eigenvalue weighted by atomic mass is 79.9. The van der Waals surface area contributed by atoms with Crippen LogP contribution in [0.2, 0.25) is 0 Å². The number of esters is 1. The van der Waals surface area contributed by atoms with Crippen LogP contribution < -0.4 is 4.90 Å². The number of fused-ring (bicyclic) bond motifs is 3. The molecule has 0 saturated carbocycles. The normalized spacial score (nSPS) is 25.5. The zero-order valence-electron chi connectivity index (χ0n) is 20.0. The van der Waals surface area contributed by atoms with Crippen LogP contribution in [0.15, 0.2) is 22.7 Å². The van der Waals surface area contributed by atoms with Gasteiger partial charge in [-0.1, -0.05) is 22.0 Å². The molecule has 1 aliphatic heterocycles. The minimum absolute atomic E-state index is 0.0212. The molecule has 0 bridgehead atoms. The van der Waals surface area contributed by atoms with Gasteiger partial charge in [-0.3, -0.25) is 9.59 Å². The summed E-state index contributed by atoms with van der Waals surface area (Å²) in [6.45, 7) is 1.52. The molecule has 0 saturated heterocycles. The average Bonchev–Trinajstić information content (AvgIpc) is 3.05. The van der Waals surface area contributed by atoms with Gasteiger partial charge >= 0.3 is 5.97 Å². The van der Waals surface area contributed by atoms with Gasteiger partial charge in [0.15, 0.2) is 0 Å². The van der Waals surface area contributed by atoms with Gasteiger partial charge in [0.25, 0.3) is 5.91 Å². The number of nitrogens with zero attached hydrogens (tertiary/aromatic N) is 1. The number of thiophene rings is 1. The predicted molar refractivity (Wildman–Crippen MR) is 106 cm³/mol. The van der Waals surface area contributed by atoms with Gasteiger partial charge in [-0.2, -0.15) is 0 Å². The summed E-state index contributed by atoms with van der Waals surface area (Å²) >= 11 is 4.49. The standard InChI is InChI=1S/C20H20BrNO3S/c1-12(23)25-11-15-16(21)6-4-7-17(15)22-10-9-14-13-5-2-3-8-18(13)26-19(14)20(22)24/h4,6-7H,2-3,5,8-11H2,1H3/i2D2,3D2,5D2. The lowest BCUT2D eigenvalue weighted by molar-refractivity contribution is -0.142. The molecule has 0 N–H and O–H groups in total. The van der Waals surface area contributed by atoms with Crippen LogP contribution in [0.3, 0.4) is 0 Å². The molecule has 4 rings (SSSR count). The molecule has 1 aromatic heterocycles. The number of benzene rings is 1. The molecular weight excluding hydrogens is 414 g/mol. The van der Waals surface area contributed by atoms with Gasteiger partial charge in [-0.15, -0.1) is 11.3 Å². The monoisotopic (exact) mass is 439 g/mol. The zero-order chi connectivity index (χ0) is 23.6. The minimum Gasteiger partial charge on any atom is -0.461 e. The number of rotatable bonds is 3. The van der Waals surface area contributed by atoms with E-state index in [1.165, 1.54) is 6.92 Å². The number of aryl methyl sites for hydroxylation is 1. The summed E-state index contributed by atoms with van der Waals surface area (Å²) in [5, 5.41) is 0. The Kier molecular flexibility index (Phi) is 3.28. The van der Waals surface area contributed by atoms with Gasteiger partial charge in [0, 0.05) is 36.6 Å². The molecule has 0 spiro atoms. The number of amides is 1. The molecule has 136 valence electrons. The van der Waals surface area contributed by atoms with Crippen molar-refractivity contribution in [3.63, 3.8) is 0 Å². The van der Waals surface area contributed by atoms with Gasteiger partial charge in [-0.25, -0.2) is 0 Å². The van der Waals surface area contributed by atoms with E-state index in [1.54, 1.807) is 23.1 Å². The number of carbonyl (C=O) groups is 2. The summed E-state index contributed by atoms with van der Waals surface area (Å²) in [4.78, 5) is 27.0. The first kappa shape index (κ1) is 11.9. The number of ether oxygens (including phenoxy) is 1. The van der Waals surface area contributed by atoms with Gasteiger partial charge in [-0.05, 0) is 55.2 Å². The van der Waals surface area contributed by atoms with Crippen LogP contribution in [0.25, 0.3) is 0 Å². The first-order chi connectivity index (χ1) is 14.8. The fraction of sp³-hybridized carbons (Fsp3) is 0.400. The quantitative estimate of drug-likeness (QED) is 0.653. The van der Waals surface area contributed by atoms with E-state index in [9.17, 15) is 9.59 Å². The average molecular weight is 440 g/mol. The van der Waals surface area contributed by atoms with Gasteiger partial charge in [0.1, 0.15) is 6.61 Å². The summed E-state index contributed by atoms with van der Waals surface area (Å²) in [5.41, 5.74) is 1.78. The first-order valence-electron chi connectivity index (χ1n) is 11.2. The molecule has 0 fully saturated rings. The second-order valence-corrected chi connectivity index (χ2v) is 8.00. The highest BCUT2D eigenvalue weighted by molar-refractivity contribution is 9.10. The third-order valence-corrected chi connectivity index (χ3v) is 6.40. The summed E-state index contributed by atoms with van der Waals surface area (Å²) in [6, 6.07) is 5.29. The predicted octanol–water partition coefficient (Wildman–Crippen LogP) is 4.66. The first-order valence-corrected chi connectivity index (χ1v) is 9.78. The molecule has 0 radical (unpaired) electrons. The van der Waals surface area contributed by atoms with E-state index in [1.807, 2.05) is 0 Å². The van der Waals surface area contributed by atoms with Crippen molar-refractivity contribution in [2.75, 3.05) is 11.4 Å². The Bertz CT molecular complexity index is 1130. The topological polar surface area (TPSA) is 46.6 Å². The Labute approximate surface area is 173 Å². The van der Waals surface area contributed by atoms with E-state index in [0.717, 1.165) is 11.3 Å². The highest BCUT2D eigenvalue weighted by Gasteiger charge is 2.33. The molecule has 4 nitrogen and oxygen atoms in total. The molecule has 0 atom stereocenters. The van der Waals surface area contributed by atoms with Gasteiger partial charge in [0.2, 0.25) is 0 Å². The second-order valence-electron chi connectivity index (χ2n) is 6.04. The van der Waals surface area contributed by atoms with Crippen LogP contribution >= 0.6 is 27.3 Å². The number of halogens is 1. The minimum atomic E-state index is -2.73. The second kappa shape index (κ2) is 7.16. The largest absolute Gasteiger partial charge is 0.461 e. The van der Waals surface area contributed by atoms with Crippen molar-refractivity contribution >= 4 is 44.8 Å². The van der Waals surface area contributed by atoms with E-state index in [-0.39, 0.29) is 31.0 Å². The summed E-state index contributed by atoms with van der Waals surface area (Å²) in [7, 11) is 0. The maximum atomic E-state index is 13.5. The van der Waals surface area contributed by atoms with E-state index in [4.69, 9.17) is 13.0 Å². The highest BCUT2D eigenvalue weighted by Crippen LogP contribution is 2.39. The van der Waals surface area contributed by atoms with Crippen LogP contribution in [0.1, 0.15) is 59.1 Å². The molecule has 1 aromatic carbocycles. The molecule has 1 aliphatic carbocycles. The van der Waals surface area contributed by atoms with Crippen LogP contribution in [-0.4, -0.2) is 18.4 Å². The van der Waals surface area contributed by atoms with Gasteiger partial charge < -0.3 is 9.64 Å². The molecule has 2 aromatic rings. The van der Waals surface area contributed by atoms with Crippen molar-refractivity contribution in [2.24, 2.45) is 0 Å². The number of hydrogen-bond donors (Lipinski definition) is 0. The van der Waals surface area contributed by atoms with Crippen molar-refractivity contribution in [2.45, 2.75) is 45.5 Å². The Morgan fingerprint density at radius 1 is 1.35 bits per heavy atom. The van der Waals surface area contributed by atoms with E-state index in [2.05, 4.69) is 15.9 Å². The van der Waals surface area contributed by atoms with Crippen molar-refractivity contribution < 1.29 is 22.6 Å². The van der Waals surface area contributed by atoms with Gasteiger partial charge in [0.05, 0.1) is 10.6 Å². The summed E-state index contributed by atoms with van der Waals surface area (Å²) in [6.07, 6.45) is -7.67. The van der Waals surface area contributed by atoms with Crippen LogP contribution in [-0.2, 0) is 35.4 Å². The SMILES string of the molecule is [2H]C1([2H])Cc2sc3c(c2C([2H])([2H])C1([2H])[2H])CCN(c1cccc(Br)c1COC(C)=O)C3=O. The third-order valence-electron chi connectivity index (χ3n) is 4.43. The Balaban J connectivity index is 1.78. The smallest absolute Gasteiger partial charge is 0.302 e. The number of hydrogen-bond acceptors (Lipinski definition) is 4. The lowest BCUT2D eigenvalue weighted by Crippen LogP contribution is -2.37. The molecule has 6 heteroatoms. The maximum Gasteiger partial charge on any atom is 0.302 e. The molecular formula is C20H20BrNO3S. The van der Waals surface area contributed by atoms with Crippen molar-refractivity contribution in [3.05, 3.63) is 49.1 Å². The van der Waals surface area contributed by atoms with E-state index < -0.39 is 25.1 Å². The van der Waals surface area contributed by atoms with Crippen LogP contribution in [0.4, 0.5) is 5.69 Å². The Morgan fingerprint density at radius 3 is 3.00 bits per heavy atom. The Morgan fingerprint density at radius 2 is 2.19 bits per heavy atom. The van der Waals surface area contributed by atoms with E-state index in [0.29, 0.717) is 37.5 Å². The summed E-state index contributed by atoms with van der Waals surface area (Å²) in [5.74, 6) is -0.805. The fourth-order valence-corrected chi connectivity index (χ4v) is 4.89. The van der Waals surface area contributed by atoms with Crippen LogP contribution in [0.5, 0.6) is 0 Å². The van der Waals surface area contributed by atoms with Crippen LogP contribution in [0, 0.1) is 0 Å². The lowest BCUT2D eigenvalue weighted by atomic mass is 9.92. The molecule has 0 unspecified atom stereocenters. The molecule has 2 heterocycles. The maximum absolute atomic E-state index is 13.5. The van der Waals surface area contributed by atoms with Crippen molar-refractivity contribution in [1.29, 1.82) is 0 Å².